The van der Waals surface area contributed by atoms with Gasteiger partial charge in [0.2, 0.25) is 0 Å². The summed E-state index contributed by atoms with van der Waals surface area (Å²) in [5.74, 6) is 0.804. The van der Waals surface area contributed by atoms with Gasteiger partial charge in [-0.1, -0.05) is 24.3 Å². The van der Waals surface area contributed by atoms with Gasteiger partial charge in [-0.15, -0.1) is 0 Å². The van der Waals surface area contributed by atoms with Crippen molar-refractivity contribution in [2.75, 3.05) is 32.8 Å². The van der Waals surface area contributed by atoms with E-state index in [4.69, 9.17) is 9.47 Å². The lowest BCUT2D eigenvalue weighted by molar-refractivity contribution is -0.142. The maximum atomic E-state index is 12.7. The smallest absolute Gasteiger partial charge is 0.263 e. The highest BCUT2D eigenvalue weighted by molar-refractivity contribution is 5.89. The average molecular weight is 468 g/mol. The van der Waals surface area contributed by atoms with E-state index in [9.17, 15) is 15.0 Å². The van der Waals surface area contributed by atoms with Crippen molar-refractivity contribution in [3.8, 4) is 11.5 Å². The fraction of sp³-hybridized carbons (Fsp3) is 0.423. The number of rotatable bonds is 9. The largest absolute Gasteiger partial charge is 0.508 e. The summed E-state index contributed by atoms with van der Waals surface area (Å²) in [6.45, 7) is 6.71. The van der Waals surface area contributed by atoms with E-state index in [0.29, 0.717) is 38.6 Å². The van der Waals surface area contributed by atoms with Crippen LogP contribution in [-0.4, -0.2) is 71.0 Å². The molecule has 4 rings (SSSR count). The maximum Gasteiger partial charge on any atom is 0.263 e. The number of fused-ring (bicyclic) bond motifs is 1. The molecule has 34 heavy (non-hydrogen) atoms. The van der Waals surface area contributed by atoms with Gasteiger partial charge in [0.1, 0.15) is 11.5 Å². The Morgan fingerprint density at radius 2 is 1.91 bits per heavy atom. The normalized spacial score (nSPS) is 16.9. The van der Waals surface area contributed by atoms with Gasteiger partial charge in [-0.25, -0.2) is 0 Å². The standard InChI is InChI=1S/C26H33N3O5/c1-17(25(31)19-6-8-21(30)9-7-19)27-11-10-20-16-28-24-22(20)4-3-5-23(24)34-18(2)26(32)29-12-14-33-15-13-29/h3-9,16-18,25,27-28,30-31H,10-15H2,1-2H3/t17-,18-,25-/m0/s1. The summed E-state index contributed by atoms with van der Waals surface area (Å²) in [5, 5.41) is 24.4. The van der Waals surface area contributed by atoms with Crippen LogP contribution >= 0.6 is 0 Å². The number of aliphatic hydroxyl groups excluding tert-OH is 1. The van der Waals surface area contributed by atoms with Gasteiger partial charge in [0.05, 0.1) is 24.8 Å². The second kappa shape index (κ2) is 10.9. The first-order valence-corrected chi connectivity index (χ1v) is 11.8. The molecule has 0 spiro atoms. The lowest BCUT2D eigenvalue weighted by Crippen LogP contribution is -2.46. The van der Waals surface area contributed by atoms with Crippen LogP contribution in [0.3, 0.4) is 0 Å². The van der Waals surface area contributed by atoms with Crippen molar-refractivity contribution in [1.29, 1.82) is 0 Å². The van der Waals surface area contributed by atoms with Gasteiger partial charge in [0.25, 0.3) is 5.91 Å². The highest BCUT2D eigenvalue weighted by Crippen LogP contribution is 2.28. The Labute approximate surface area is 199 Å². The summed E-state index contributed by atoms with van der Waals surface area (Å²) in [4.78, 5) is 17.8. The molecule has 2 aromatic carbocycles. The predicted molar refractivity (Wildman–Crippen MR) is 130 cm³/mol. The van der Waals surface area contributed by atoms with Crippen molar-refractivity contribution >= 4 is 16.8 Å². The third kappa shape index (κ3) is 5.52. The van der Waals surface area contributed by atoms with Crippen LogP contribution in [-0.2, 0) is 16.0 Å². The van der Waals surface area contributed by atoms with Crippen molar-refractivity contribution in [3.05, 3.63) is 59.8 Å². The number of aliphatic hydroxyl groups is 1. The summed E-state index contributed by atoms with van der Waals surface area (Å²) in [6, 6.07) is 12.3. The Hall–Kier alpha value is -3.07. The van der Waals surface area contributed by atoms with Gasteiger partial charge in [-0.05, 0) is 56.1 Å². The van der Waals surface area contributed by atoms with Gasteiger partial charge in [-0.2, -0.15) is 0 Å². The van der Waals surface area contributed by atoms with Gasteiger partial charge in [0, 0.05) is 30.7 Å². The van der Waals surface area contributed by atoms with Crippen LogP contribution in [0.5, 0.6) is 11.5 Å². The molecular weight excluding hydrogens is 434 g/mol. The number of nitrogens with zero attached hydrogens (tertiary/aromatic N) is 1. The molecule has 8 heteroatoms. The van der Waals surface area contributed by atoms with Gasteiger partial charge >= 0.3 is 0 Å². The summed E-state index contributed by atoms with van der Waals surface area (Å²) in [7, 11) is 0. The van der Waals surface area contributed by atoms with E-state index >= 15 is 0 Å². The molecule has 0 aliphatic carbocycles. The van der Waals surface area contributed by atoms with Crippen molar-refractivity contribution in [2.45, 2.75) is 38.5 Å². The molecule has 8 nitrogen and oxygen atoms in total. The highest BCUT2D eigenvalue weighted by Gasteiger charge is 2.24. The van der Waals surface area contributed by atoms with Crippen molar-refractivity contribution in [1.82, 2.24) is 15.2 Å². The first-order chi connectivity index (χ1) is 16.4. The Bertz CT molecular complexity index is 1090. The number of aromatic nitrogens is 1. The number of H-pyrrole nitrogens is 1. The number of phenols is 1. The number of morpholine rings is 1. The number of amides is 1. The summed E-state index contributed by atoms with van der Waals surface area (Å²) in [5.41, 5.74) is 2.76. The molecule has 0 unspecified atom stereocenters. The molecule has 4 N–H and O–H groups in total. The first-order valence-electron chi connectivity index (χ1n) is 11.8. The van der Waals surface area contributed by atoms with Crippen molar-refractivity contribution in [2.24, 2.45) is 0 Å². The van der Waals surface area contributed by atoms with Crippen molar-refractivity contribution < 1.29 is 24.5 Å². The second-order valence-electron chi connectivity index (χ2n) is 8.72. The fourth-order valence-electron chi connectivity index (χ4n) is 4.28. The summed E-state index contributed by atoms with van der Waals surface area (Å²) < 4.78 is 11.4. The maximum absolute atomic E-state index is 12.7. The van der Waals surface area contributed by atoms with Crippen LogP contribution in [0.4, 0.5) is 0 Å². The zero-order chi connectivity index (χ0) is 24.1. The summed E-state index contributed by atoms with van der Waals surface area (Å²) >= 11 is 0. The Kier molecular flexibility index (Phi) is 7.72. The lowest BCUT2D eigenvalue weighted by Gasteiger charge is -2.29. The number of aromatic hydroxyl groups is 1. The molecule has 1 aliphatic rings. The Balaban J connectivity index is 1.35. The number of hydrogen-bond acceptors (Lipinski definition) is 6. The SMILES string of the molecule is C[C@H](Oc1cccc2c(CCN[C@@H](C)[C@H](O)c3ccc(O)cc3)c[nH]c12)C(=O)N1CCOCC1. The lowest BCUT2D eigenvalue weighted by atomic mass is 10.0. The van der Waals surface area contributed by atoms with Crippen LogP contribution in [0, 0.1) is 0 Å². The van der Waals surface area contributed by atoms with E-state index in [2.05, 4.69) is 10.3 Å². The number of para-hydroxylation sites is 1. The third-order valence-corrected chi connectivity index (χ3v) is 6.31. The van der Waals surface area contributed by atoms with Crippen LogP contribution < -0.4 is 10.1 Å². The van der Waals surface area contributed by atoms with E-state index in [0.717, 1.165) is 28.5 Å². The van der Waals surface area contributed by atoms with E-state index in [1.54, 1.807) is 36.1 Å². The zero-order valence-electron chi connectivity index (χ0n) is 19.7. The number of phenolic OH excluding ortho intramolecular Hbond substituents is 1. The topological polar surface area (TPSA) is 107 Å². The minimum atomic E-state index is -0.672. The van der Waals surface area contributed by atoms with Gasteiger partial charge < -0.3 is 34.9 Å². The molecule has 1 fully saturated rings. The number of aromatic amines is 1. The number of hydrogen-bond donors (Lipinski definition) is 4. The fourth-order valence-corrected chi connectivity index (χ4v) is 4.28. The Morgan fingerprint density at radius 3 is 2.65 bits per heavy atom. The van der Waals surface area contributed by atoms with E-state index in [1.807, 2.05) is 31.3 Å². The average Bonchev–Trinajstić information content (AvgIpc) is 3.28. The van der Waals surface area contributed by atoms with E-state index in [-0.39, 0.29) is 17.7 Å². The minimum Gasteiger partial charge on any atom is -0.508 e. The van der Waals surface area contributed by atoms with Crippen LogP contribution in [0.2, 0.25) is 0 Å². The minimum absolute atomic E-state index is 0.0301. The van der Waals surface area contributed by atoms with Crippen LogP contribution in [0.25, 0.3) is 10.9 Å². The molecule has 2 heterocycles. The molecule has 3 atom stereocenters. The molecular formula is C26H33N3O5. The molecule has 1 saturated heterocycles. The molecule has 3 aromatic rings. The molecule has 0 radical (unpaired) electrons. The molecule has 1 aliphatic heterocycles. The number of benzene rings is 2. The van der Waals surface area contributed by atoms with Crippen LogP contribution in [0.1, 0.15) is 31.1 Å². The van der Waals surface area contributed by atoms with Gasteiger partial charge in [0.15, 0.2) is 6.10 Å². The zero-order valence-corrected chi connectivity index (χ0v) is 19.7. The van der Waals surface area contributed by atoms with Crippen molar-refractivity contribution in [3.63, 3.8) is 0 Å². The predicted octanol–water partition coefficient (Wildman–Crippen LogP) is 2.75. The quantitative estimate of drug-likeness (QED) is 0.386. The molecule has 0 saturated carbocycles. The third-order valence-electron chi connectivity index (χ3n) is 6.31. The summed E-state index contributed by atoms with van der Waals surface area (Å²) in [6.07, 6.45) is 1.47. The first kappa shape index (κ1) is 24.1. The molecule has 1 amide bonds. The van der Waals surface area contributed by atoms with E-state index in [1.165, 1.54) is 0 Å². The number of carbonyl (C=O) groups is 1. The van der Waals surface area contributed by atoms with Crippen LogP contribution in [0.15, 0.2) is 48.7 Å². The molecule has 182 valence electrons. The molecule has 0 bridgehead atoms. The van der Waals surface area contributed by atoms with Gasteiger partial charge in [-0.3, -0.25) is 4.79 Å². The number of nitrogens with one attached hydrogen (secondary N) is 2. The molecule has 1 aromatic heterocycles. The second-order valence-corrected chi connectivity index (χ2v) is 8.72. The number of carbonyl (C=O) groups excluding carboxylic acids is 1. The Morgan fingerprint density at radius 1 is 1.18 bits per heavy atom. The highest BCUT2D eigenvalue weighted by atomic mass is 16.5. The van der Waals surface area contributed by atoms with E-state index < -0.39 is 12.2 Å². The number of ether oxygens (including phenoxy) is 2. The monoisotopic (exact) mass is 467 g/mol.